The summed E-state index contributed by atoms with van der Waals surface area (Å²) >= 11 is 0. The number of aromatic nitrogens is 2. The first-order valence-electron chi connectivity index (χ1n) is 25.0. The summed E-state index contributed by atoms with van der Waals surface area (Å²) < 4.78 is 0. The first-order valence-corrected chi connectivity index (χ1v) is 25.0. The zero-order valence-corrected chi connectivity index (χ0v) is 39.1. The number of benzene rings is 10. The van der Waals surface area contributed by atoms with E-state index in [0.717, 1.165) is 72.8 Å². The molecule has 8 heteroatoms. The summed E-state index contributed by atoms with van der Waals surface area (Å²) in [5.74, 6) is 0. The number of hydrogen-bond donors (Lipinski definition) is 0. The Morgan fingerprint density at radius 3 is 1.51 bits per heavy atom. The van der Waals surface area contributed by atoms with Gasteiger partial charge in [-0.05, 0) is 110 Å². The van der Waals surface area contributed by atoms with Gasteiger partial charge in [0.1, 0.15) is 0 Å². The Bertz CT molecular complexity index is 4220. The van der Waals surface area contributed by atoms with E-state index in [1.54, 1.807) is 0 Å². The summed E-state index contributed by atoms with van der Waals surface area (Å²) in [4.78, 5) is 19.5. The van der Waals surface area contributed by atoms with Crippen molar-refractivity contribution in [3.63, 3.8) is 0 Å². The third kappa shape index (κ3) is 5.52. The number of anilines is 9. The van der Waals surface area contributed by atoms with Gasteiger partial charge in [-0.3, -0.25) is 9.97 Å². The minimum absolute atomic E-state index is 0.0619. The maximum Gasteiger partial charge on any atom is 0.270 e. The average molecular weight is 911 g/mol. The van der Waals surface area contributed by atoms with Crippen molar-refractivity contribution >= 4 is 153 Å². The number of rotatable bonds is 4. The van der Waals surface area contributed by atoms with Gasteiger partial charge in [0.05, 0.1) is 22.4 Å². The molecule has 12 aromatic rings. The van der Waals surface area contributed by atoms with Crippen molar-refractivity contribution < 1.29 is 0 Å². The Morgan fingerprint density at radius 1 is 0.319 bits per heavy atom. The average Bonchev–Trinajstić information content (AvgIpc) is 3.45. The monoisotopic (exact) mass is 911 g/mol. The number of para-hydroxylation sites is 7. The summed E-state index contributed by atoms with van der Waals surface area (Å²) in [5.41, 5.74) is 22.9. The van der Waals surface area contributed by atoms with Crippen molar-refractivity contribution in [3.05, 3.63) is 243 Å². The van der Waals surface area contributed by atoms with Gasteiger partial charge in [-0.15, -0.1) is 0 Å². The minimum Gasteiger partial charge on any atom is -0.311 e. The molecule has 0 N–H and O–H groups in total. The molecule has 0 unspecified atom stereocenters. The summed E-state index contributed by atoms with van der Waals surface area (Å²) in [5, 5.41) is 4.67. The van der Waals surface area contributed by atoms with Crippen LogP contribution in [0.2, 0.25) is 0 Å². The third-order valence-electron chi connectivity index (χ3n) is 15.9. The number of nitrogens with zero attached hydrogens (tertiary/aromatic N) is 5. The van der Waals surface area contributed by atoms with E-state index in [9.17, 15) is 0 Å². The first kappa shape index (κ1) is 39.7. The highest BCUT2D eigenvalue weighted by Crippen LogP contribution is 2.48. The highest BCUT2D eigenvalue weighted by molar-refractivity contribution is 7.03. The smallest absolute Gasteiger partial charge is 0.270 e. The van der Waals surface area contributed by atoms with Crippen LogP contribution in [0, 0.1) is 0 Å². The van der Waals surface area contributed by atoms with E-state index in [2.05, 4.69) is 257 Å². The lowest BCUT2D eigenvalue weighted by molar-refractivity contribution is 1.25. The van der Waals surface area contributed by atoms with Gasteiger partial charge in [-0.1, -0.05) is 181 Å². The Hall–Kier alpha value is -9.13. The summed E-state index contributed by atoms with van der Waals surface area (Å²) in [6.45, 7) is -0.489. The second-order valence-corrected chi connectivity index (χ2v) is 19.6. The van der Waals surface area contributed by atoms with Crippen LogP contribution >= 0.6 is 0 Å². The number of hydrogen-bond acceptors (Lipinski definition) is 5. The van der Waals surface area contributed by atoms with E-state index in [1.807, 2.05) is 0 Å². The summed E-state index contributed by atoms with van der Waals surface area (Å²) in [7, 11) is 0. The lowest BCUT2D eigenvalue weighted by Gasteiger charge is -2.46. The normalized spacial score (nSPS) is 13.7. The number of pyridine rings is 2. The zero-order valence-electron chi connectivity index (χ0n) is 39.1. The summed E-state index contributed by atoms with van der Waals surface area (Å²) in [6, 6.07) is 89.3. The SMILES string of the molecule is c1ccc(N2c3ccccc3B3c4ccccc4N(c4ccccc4)c4c3c2cc2c3c5c(nc42)B(c2ccc4ccccc4c2)c2ccccc2N5c2ccccc2B3c2ccc3ccccc3n2)cc1. The van der Waals surface area contributed by atoms with Crippen molar-refractivity contribution in [1.82, 2.24) is 9.97 Å². The molecule has 2 aromatic heterocycles. The minimum atomic E-state index is -0.244. The number of fused-ring (bicyclic) bond motifs is 13. The first-order chi connectivity index (χ1) is 35.8. The highest BCUT2D eigenvalue weighted by atomic mass is 15.2. The van der Waals surface area contributed by atoms with Crippen LogP contribution in [-0.4, -0.2) is 30.1 Å². The molecule has 10 aromatic carbocycles. The van der Waals surface area contributed by atoms with Gasteiger partial charge in [0.15, 0.2) is 0 Å². The van der Waals surface area contributed by atoms with Crippen LogP contribution in [0.3, 0.4) is 0 Å². The van der Waals surface area contributed by atoms with Crippen molar-refractivity contribution in [2.45, 2.75) is 0 Å². The van der Waals surface area contributed by atoms with Crippen LogP contribution in [0.4, 0.5) is 51.2 Å². The van der Waals surface area contributed by atoms with Crippen LogP contribution in [0.5, 0.6) is 0 Å². The predicted molar refractivity (Wildman–Crippen MR) is 305 cm³/mol. The van der Waals surface area contributed by atoms with Crippen LogP contribution in [0.1, 0.15) is 0 Å². The lowest BCUT2D eigenvalue weighted by atomic mass is 9.31. The molecule has 0 radical (unpaired) electrons. The maximum atomic E-state index is 6.32. The molecule has 0 spiro atoms. The fraction of sp³-hybridized carbons (Fsp3) is 0. The molecule has 6 heterocycles. The Morgan fingerprint density at radius 2 is 0.833 bits per heavy atom. The van der Waals surface area contributed by atoms with Gasteiger partial charge < -0.3 is 14.7 Å². The standard InChI is InChI=1S/C64H40B3N5/c1-3-22-45(23-4-1)70-53-31-15-11-27-49(53)66-50-28-12-16-32-54(50)71(46-24-5-2-6-25-46)62-60(66)57(70)40-47-59-63-64(69-61(47)62)65(44-37-35-41-19-7-8-21-43(41)39-44)48-26-10-17-33-55(48)72(63)56-34-18-13-29-51(56)67(59)58-38-36-42-20-9-14-30-52(42)68-58/h1-40H. The van der Waals surface area contributed by atoms with Crippen LogP contribution < -0.4 is 64.1 Å². The Labute approximate surface area is 418 Å². The van der Waals surface area contributed by atoms with E-state index in [4.69, 9.17) is 9.97 Å². The largest absolute Gasteiger partial charge is 0.311 e. The topological polar surface area (TPSA) is 35.5 Å². The molecular weight excluding hydrogens is 871 g/mol. The van der Waals surface area contributed by atoms with Gasteiger partial charge in [-0.2, -0.15) is 0 Å². The van der Waals surface area contributed by atoms with E-state index in [0.29, 0.717) is 0 Å². The molecule has 72 heavy (non-hydrogen) atoms. The van der Waals surface area contributed by atoms with Crippen LogP contribution in [0.25, 0.3) is 32.6 Å². The molecule has 5 nitrogen and oxygen atoms in total. The molecular formula is C64H40B3N5. The van der Waals surface area contributed by atoms with Gasteiger partial charge >= 0.3 is 0 Å². The van der Waals surface area contributed by atoms with E-state index in [-0.39, 0.29) is 20.1 Å². The van der Waals surface area contributed by atoms with Gasteiger partial charge in [0.25, 0.3) is 20.1 Å². The van der Waals surface area contributed by atoms with Gasteiger partial charge in [0.2, 0.25) is 0 Å². The molecule has 0 fully saturated rings. The van der Waals surface area contributed by atoms with E-state index >= 15 is 0 Å². The molecule has 0 aliphatic carbocycles. The van der Waals surface area contributed by atoms with Crippen LogP contribution in [-0.2, 0) is 0 Å². The molecule has 0 atom stereocenters. The molecule has 0 saturated carbocycles. The second kappa shape index (κ2) is 15.2. The van der Waals surface area contributed by atoms with E-state index < -0.39 is 0 Å². The molecule has 4 aliphatic heterocycles. The quantitative estimate of drug-likeness (QED) is 0.165. The van der Waals surface area contributed by atoms with Crippen molar-refractivity contribution in [2.75, 3.05) is 14.7 Å². The van der Waals surface area contributed by atoms with Crippen molar-refractivity contribution in [2.24, 2.45) is 0 Å². The molecule has 0 saturated heterocycles. The maximum absolute atomic E-state index is 6.32. The molecule has 0 amide bonds. The van der Waals surface area contributed by atoms with Gasteiger partial charge in [-0.25, -0.2) is 0 Å². The molecule has 16 rings (SSSR count). The molecule has 330 valence electrons. The Kier molecular flexibility index (Phi) is 8.37. The third-order valence-corrected chi connectivity index (χ3v) is 15.9. The van der Waals surface area contributed by atoms with Crippen LogP contribution in [0.15, 0.2) is 243 Å². The second-order valence-electron chi connectivity index (χ2n) is 19.6. The lowest BCUT2D eigenvalue weighted by Crippen LogP contribution is -2.66. The molecule has 0 bridgehead atoms. The van der Waals surface area contributed by atoms with Crippen molar-refractivity contribution in [3.8, 4) is 0 Å². The zero-order chi connectivity index (χ0) is 47.0. The molecule has 4 aliphatic rings. The fourth-order valence-corrected chi connectivity index (χ4v) is 13.0. The highest BCUT2D eigenvalue weighted by Gasteiger charge is 2.49. The summed E-state index contributed by atoms with van der Waals surface area (Å²) in [6.07, 6.45) is 0. The fourth-order valence-electron chi connectivity index (χ4n) is 13.0. The van der Waals surface area contributed by atoms with Gasteiger partial charge in [0, 0.05) is 61.8 Å². The van der Waals surface area contributed by atoms with E-state index in [1.165, 1.54) is 60.4 Å². The Balaban J connectivity index is 1.13. The predicted octanol–water partition coefficient (Wildman–Crippen LogP) is 9.15. The van der Waals surface area contributed by atoms with Crippen molar-refractivity contribution in [1.29, 1.82) is 0 Å².